The number of nitrogens with two attached hydrogens (primary N) is 1. The van der Waals surface area contributed by atoms with E-state index in [1.54, 1.807) is 0 Å². The van der Waals surface area contributed by atoms with Crippen LogP contribution in [-0.2, 0) is 0 Å². The minimum atomic E-state index is 0.445. The van der Waals surface area contributed by atoms with Gasteiger partial charge in [-0.2, -0.15) is 0 Å². The minimum Gasteiger partial charge on any atom is -0.328 e. The Bertz CT molecular complexity index is 145. The van der Waals surface area contributed by atoms with Crippen molar-refractivity contribution in [2.75, 3.05) is 26.2 Å². The maximum absolute atomic E-state index is 5.86. The molecule has 0 aromatic heterocycles. The molecule has 1 rings (SSSR count). The van der Waals surface area contributed by atoms with E-state index in [2.05, 4.69) is 24.1 Å². The van der Waals surface area contributed by atoms with Gasteiger partial charge >= 0.3 is 0 Å². The number of hydrogen-bond donors (Lipinski definition) is 2. The number of rotatable bonds is 6. The first-order chi connectivity index (χ1) is 6.76. The van der Waals surface area contributed by atoms with Crippen molar-refractivity contribution in [1.82, 2.24) is 10.2 Å². The summed E-state index contributed by atoms with van der Waals surface area (Å²) in [5.74, 6) is 0. The van der Waals surface area contributed by atoms with Gasteiger partial charge in [0.15, 0.2) is 0 Å². The van der Waals surface area contributed by atoms with Gasteiger partial charge in [-0.1, -0.05) is 13.8 Å². The lowest BCUT2D eigenvalue weighted by Crippen LogP contribution is -2.36. The van der Waals surface area contributed by atoms with Gasteiger partial charge in [0.1, 0.15) is 0 Å². The number of nitrogens with one attached hydrogen (secondary N) is 1. The molecule has 0 aliphatic heterocycles. The SMILES string of the molecule is CCN(CC)CCNC1CCC(N)C1. The van der Waals surface area contributed by atoms with Gasteiger partial charge in [0.2, 0.25) is 0 Å². The molecule has 2 unspecified atom stereocenters. The van der Waals surface area contributed by atoms with Crippen molar-refractivity contribution in [3.63, 3.8) is 0 Å². The molecule has 0 aromatic carbocycles. The Morgan fingerprint density at radius 3 is 2.50 bits per heavy atom. The highest BCUT2D eigenvalue weighted by molar-refractivity contribution is 4.82. The lowest BCUT2D eigenvalue weighted by molar-refractivity contribution is 0.296. The largest absolute Gasteiger partial charge is 0.328 e. The molecule has 0 spiro atoms. The van der Waals surface area contributed by atoms with Gasteiger partial charge in [0.25, 0.3) is 0 Å². The molecule has 1 aliphatic carbocycles. The molecule has 3 heteroatoms. The van der Waals surface area contributed by atoms with Gasteiger partial charge in [-0.25, -0.2) is 0 Å². The normalized spacial score (nSPS) is 27.4. The van der Waals surface area contributed by atoms with Crippen molar-refractivity contribution in [3.8, 4) is 0 Å². The molecule has 3 N–H and O–H groups in total. The zero-order valence-corrected chi connectivity index (χ0v) is 9.63. The summed E-state index contributed by atoms with van der Waals surface area (Å²) in [5.41, 5.74) is 5.86. The molecule has 84 valence electrons. The minimum absolute atomic E-state index is 0.445. The average molecular weight is 199 g/mol. The molecule has 1 aliphatic rings. The maximum atomic E-state index is 5.86. The third-order valence-electron chi connectivity index (χ3n) is 3.23. The van der Waals surface area contributed by atoms with Gasteiger partial charge in [0, 0.05) is 25.2 Å². The molecule has 1 fully saturated rings. The Kier molecular flexibility index (Phi) is 5.45. The van der Waals surface area contributed by atoms with E-state index >= 15 is 0 Å². The first kappa shape index (κ1) is 12.0. The fourth-order valence-corrected chi connectivity index (χ4v) is 2.17. The lowest BCUT2D eigenvalue weighted by atomic mass is 10.2. The summed E-state index contributed by atoms with van der Waals surface area (Å²) < 4.78 is 0. The van der Waals surface area contributed by atoms with E-state index in [4.69, 9.17) is 5.73 Å². The molecule has 0 heterocycles. The molecule has 2 atom stereocenters. The second kappa shape index (κ2) is 6.38. The molecule has 3 nitrogen and oxygen atoms in total. The van der Waals surface area contributed by atoms with Crippen LogP contribution in [-0.4, -0.2) is 43.2 Å². The predicted molar refractivity (Wildman–Crippen MR) is 61.4 cm³/mol. The van der Waals surface area contributed by atoms with Gasteiger partial charge < -0.3 is 16.0 Å². The van der Waals surface area contributed by atoms with Crippen LogP contribution in [0.3, 0.4) is 0 Å². The molecule has 0 amide bonds. The Morgan fingerprint density at radius 2 is 2.00 bits per heavy atom. The molecular formula is C11H25N3. The summed E-state index contributed by atoms with van der Waals surface area (Å²) in [6.45, 7) is 9.02. The molecule has 1 saturated carbocycles. The fourth-order valence-electron chi connectivity index (χ4n) is 2.17. The van der Waals surface area contributed by atoms with Crippen molar-refractivity contribution in [1.29, 1.82) is 0 Å². The topological polar surface area (TPSA) is 41.3 Å². The summed E-state index contributed by atoms with van der Waals surface area (Å²) in [7, 11) is 0. The van der Waals surface area contributed by atoms with Crippen molar-refractivity contribution < 1.29 is 0 Å². The Hall–Kier alpha value is -0.120. The second-order valence-electron chi connectivity index (χ2n) is 4.25. The molecule has 0 bridgehead atoms. The van der Waals surface area contributed by atoms with Gasteiger partial charge in [-0.3, -0.25) is 0 Å². The zero-order valence-electron chi connectivity index (χ0n) is 9.63. The van der Waals surface area contributed by atoms with Crippen LogP contribution in [0.2, 0.25) is 0 Å². The van der Waals surface area contributed by atoms with E-state index < -0.39 is 0 Å². The van der Waals surface area contributed by atoms with Crippen molar-refractivity contribution in [2.24, 2.45) is 5.73 Å². The Labute approximate surface area is 88.0 Å². The van der Waals surface area contributed by atoms with E-state index in [0.717, 1.165) is 26.1 Å². The molecular weight excluding hydrogens is 174 g/mol. The standard InChI is InChI=1S/C11H25N3/c1-3-14(4-2)8-7-13-11-6-5-10(12)9-11/h10-11,13H,3-9,12H2,1-2H3. The third-order valence-corrected chi connectivity index (χ3v) is 3.23. The second-order valence-corrected chi connectivity index (χ2v) is 4.25. The maximum Gasteiger partial charge on any atom is 0.0107 e. The molecule has 0 radical (unpaired) electrons. The summed E-state index contributed by atoms with van der Waals surface area (Å²) in [4.78, 5) is 2.45. The number of likely N-dealkylation sites (N-methyl/N-ethyl adjacent to an activating group) is 1. The highest BCUT2D eigenvalue weighted by Crippen LogP contribution is 2.16. The van der Waals surface area contributed by atoms with E-state index in [0.29, 0.717) is 12.1 Å². The van der Waals surface area contributed by atoms with Crippen LogP contribution < -0.4 is 11.1 Å². The first-order valence-corrected chi connectivity index (χ1v) is 5.97. The van der Waals surface area contributed by atoms with Crippen LogP contribution in [0.4, 0.5) is 0 Å². The number of hydrogen-bond acceptors (Lipinski definition) is 3. The molecule has 0 aromatic rings. The Morgan fingerprint density at radius 1 is 1.29 bits per heavy atom. The molecule has 14 heavy (non-hydrogen) atoms. The van der Waals surface area contributed by atoms with Crippen LogP contribution in [0, 0.1) is 0 Å². The van der Waals surface area contributed by atoms with E-state index in [1.807, 2.05) is 0 Å². The first-order valence-electron chi connectivity index (χ1n) is 5.97. The van der Waals surface area contributed by atoms with Crippen LogP contribution in [0.5, 0.6) is 0 Å². The summed E-state index contributed by atoms with van der Waals surface area (Å²) >= 11 is 0. The number of nitrogens with zero attached hydrogens (tertiary/aromatic N) is 1. The highest BCUT2D eigenvalue weighted by Gasteiger charge is 2.20. The zero-order chi connectivity index (χ0) is 10.4. The average Bonchev–Trinajstić information content (AvgIpc) is 2.59. The monoisotopic (exact) mass is 199 g/mol. The summed E-state index contributed by atoms with van der Waals surface area (Å²) in [6, 6.07) is 1.13. The van der Waals surface area contributed by atoms with Crippen molar-refractivity contribution in [2.45, 2.75) is 45.2 Å². The van der Waals surface area contributed by atoms with E-state index in [9.17, 15) is 0 Å². The quantitative estimate of drug-likeness (QED) is 0.665. The molecule has 0 saturated heterocycles. The van der Waals surface area contributed by atoms with Gasteiger partial charge in [0.05, 0.1) is 0 Å². The van der Waals surface area contributed by atoms with Crippen LogP contribution in [0.1, 0.15) is 33.1 Å². The Balaban J connectivity index is 2.03. The highest BCUT2D eigenvalue weighted by atomic mass is 15.1. The van der Waals surface area contributed by atoms with E-state index in [-0.39, 0.29) is 0 Å². The van der Waals surface area contributed by atoms with E-state index in [1.165, 1.54) is 19.4 Å². The third kappa shape index (κ3) is 3.95. The van der Waals surface area contributed by atoms with Crippen LogP contribution in [0.25, 0.3) is 0 Å². The van der Waals surface area contributed by atoms with Gasteiger partial charge in [-0.05, 0) is 32.4 Å². The smallest absolute Gasteiger partial charge is 0.0107 e. The van der Waals surface area contributed by atoms with Gasteiger partial charge in [-0.15, -0.1) is 0 Å². The lowest BCUT2D eigenvalue weighted by Gasteiger charge is -2.20. The fraction of sp³-hybridized carbons (Fsp3) is 1.00. The van der Waals surface area contributed by atoms with Crippen molar-refractivity contribution >= 4 is 0 Å². The van der Waals surface area contributed by atoms with Crippen LogP contribution >= 0.6 is 0 Å². The van der Waals surface area contributed by atoms with Crippen LogP contribution in [0.15, 0.2) is 0 Å². The van der Waals surface area contributed by atoms with Crippen molar-refractivity contribution in [3.05, 3.63) is 0 Å². The predicted octanol–water partition coefficient (Wildman–Crippen LogP) is 0.798. The summed E-state index contributed by atoms with van der Waals surface area (Å²) in [5, 5.41) is 3.59. The summed E-state index contributed by atoms with van der Waals surface area (Å²) in [6.07, 6.45) is 3.63.